The van der Waals surface area contributed by atoms with E-state index >= 15 is 0 Å². The summed E-state index contributed by atoms with van der Waals surface area (Å²) < 4.78 is 0. The van der Waals surface area contributed by atoms with E-state index in [9.17, 15) is 4.79 Å². The number of aromatic amines is 1. The average Bonchev–Trinajstić information content (AvgIpc) is 2.47. The molecular weight excluding hydrogens is 140 g/mol. The van der Waals surface area contributed by atoms with Crippen LogP contribution in [0.1, 0.15) is 29.8 Å². The lowest BCUT2D eigenvalue weighted by atomic mass is 9.96. The second kappa shape index (κ2) is 2.49. The molecule has 0 saturated heterocycles. The van der Waals surface area contributed by atoms with Crippen LogP contribution >= 0.6 is 0 Å². The van der Waals surface area contributed by atoms with Gasteiger partial charge in [0.05, 0.1) is 0 Å². The van der Waals surface area contributed by atoms with Crippen LogP contribution in [0, 0.1) is 0 Å². The van der Waals surface area contributed by atoms with E-state index in [1.54, 1.807) is 0 Å². The molecule has 0 spiro atoms. The molecular formula is C8H9N2O. The second-order valence-electron chi connectivity index (χ2n) is 2.84. The second-order valence-corrected chi connectivity index (χ2v) is 2.84. The molecule has 0 atom stereocenters. The van der Waals surface area contributed by atoms with Crippen LogP contribution in [0.4, 0.5) is 0 Å². The number of H-pyrrole nitrogens is 1. The Morgan fingerprint density at radius 2 is 2.18 bits per heavy atom. The van der Waals surface area contributed by atoms with E-state index in [1.807, 2.05) is 6.29 Å². The number of fused-ring (bicyclic) bond motifs is 1. The summed E-state index contributed by atoms with van der Waals surface area (Å²) in [6.07, 6.45) is 6.23. The normalized spacial score (nSPS) is 16.0. The van der Waals surface area contributed by atoms with E-state index in [4.69, 9.17) is 0 Å². The summed E-state index contributed by atoms with van der Waals surface area (Å²) in [5, 5.41) is 6.73. The lowest BCUT2D eigenvalue weighted by Gasteiger charge is -2.08. The maximum atomic E-state index is 10.3. The molecule has 0 bridgehead atoms. The predicted molar refractivity (Wildman–Crippen MR) is 40.0 cm³/mol. The fourth-order valence-electron chi connectivity index (χ4n) is 1.57. The summed E-state index contributed by atoms with van der Waals surface area (Å²) >= 11 is 0. The number of rotatable bonds is 1. The lowest BCUT2D eigenvalue weighted by Crippen LogP contribution is -2.01. The van der Waals surface area contributed by atoms with E-state index in [2.05, 4.69) is 10.2 Å². The lowest BCUT2D eigenvalue weighted by molar-refractivity contribution is 0.560. The molecule has 0 saturated carbocycles. The molecule has 1 heterocycles. The zero-order valence-corrected chi connectivity index (χ0v) is 6.18. The minimum Gasteiger partial charge on any atom is -0.283 e. The molecule has 1 aromatic heterocycles. The van der Waals surface area contributed by atoms with Gasteiger partial charge in [-0.15, -0.1) is 0 Å². The third-order valence-corrected chi connectivity index (χ3v) is 2.15. The minimum atomic E-state index is 0.486. The van der Waals surface area contributed by atoms with Crippen molar-refractivity contribution >= 4 is 6.29 Å². The molecule has 1 aliphatic carbocycles. The van der Waals surface area contributed by atoms with E-state index in [-0.39, 0.29) is 0 Å². The summed E-state index contributed by atoms with van der Waals surface area (Å²) in [6, 6.07) is 0. The van der Waals surface area contributed by atoms with Crippen molar-refractivity contribution in [3.63, 3.8) is 0 Å². The smallest absolute Gasteiger partial charge is 0.255 e. The van der Waals surface area contributed by atoms with Crippen LogP contribution in [0.15, 0.2) is 0 Å². The first-order chi connectivity index (χ1) is 5.42. The van der Waals surface area contributed by atoms with Crippen LogP contribution in [0.25, 0.3) is 0 Å². The number of hydrogen-bond acceptors (Lipinski definition) is 2. The van der Waals surface area contributed by atoms with Crippen LogP contribution in [0.5, 0.6) is 0 Å². The number of nitrogens with zero attached hydrogens (tertiary/aromatic N) is 1. The molecule has 3 nitrogen and oxygen atoms in total. The van der Waals surface area contributed by atoms with Gasteiger partial charge >= 0.3 is 0 Å². The summed E-state index contributed by atoms with van der Waals surface area (Å²) in [4.78, 5) is 10.3. The Hall–Kier alpha value is -1.12. The minimum absolute atomic E-state index is 0.486. The zero-order chi connectivity index (χ0) is 7.68. The molecule has 0 aromatic carbocycles. The molecule has 11 heavy (non-hydrogen) atoms. The van der Waals surface area contributed by atoms with Crippen molar-refractivity contribution in [3.8, 4) is 0 Å². The van der Waals surface area contributed by atoms with Crippen molar-refractivity contribution in [2.75, 3.05) is 0 Å². The van der Waals surface area contributed by atoms with E-state index < -0.39 is 0 Å². The van der Waals surface area contributed by atoms with Crippen molar-refractivity contribution in [2.45, 2.75) is 25.7 Å². The summed E-state index contributed by atoms with van der Waals surface area (Å²) in [5.41, 5.74) is 2.71. The van der Waals surface area contributed by atoms with Crippen molar-refractivity contribution in [2.24, 2.45) is 0 Å². The largest absolute Gasteiger partial charge is 0.283 e. The van der Waals surface area contributed by atoms with Gasteiger partial charge in [-0.05, 0) is 25.7 Å². The maximum absolute atomic E-state index is 10.3. The fraction of sp³-hybridized carbons (Fsp3) is 0.500. The van der Waals surface area contributed by atoms with Crippen molar-refractivity contribution in [1.82, 2.24) is 10.2 Å². The van der Waals surface area contributed by atoms with Gasteiger partial charge in [-0.2, -0.15) is 5.10 Å². The molecule has 0 fully saturated rings. The molecule has 57 valence electrons. The van der Waals surface area contributed by atoms with E-state index in [0.29, 0.717) is 5.69 Å². The summed E-state index contributed by atoms with van der Waals surface area (Å²) in [5.74, 6) is 0. The third-order valence-electron chi connectivity index (χ3n) is 2.15. The van der Waals surface area contributed by atoms with Gasteiger partial charge in [0.1, 0.15) is 5.69 Å². The highest BCUT2D eigenvalue weighted by Crippen LogP contribution is 2.20. The SMILES string of the molecule is O=[C]c1n[nH]c2c1CCCC2. The topological polar surface area (TPSA) is 45.8 Å². The van der Waals surface area contributed by atoms with Crippen LogP contribution in [-0.2, 0) is 17.6 Å². The third kappa shape index (κ3) is 0.964. The van der Waals surface area contributed by atoms with E-state index in [0.717, 1.165) is 24.1 Å². The zero-order valence-electron chi connectivity index (χ0n) is 6.18. The summed E-state index contributed by atoms with van der Waals surface area (Å²) in [6.45, 7) is 0. The van der Waals surface area contributed by atoms with Gasteiger partial charge in [-0.25, -0.2) is 0 Å². The van der Waals surface area contributed by atoms with Gasteiger partial charge < -0.3 is 0 Å². The highest BCUT2D eigenvalue weighted by Gasteiger charge is 2.15. The first kappa shape index (κ1) is 6.58. The molecule has 1 aromatic rings. The molecule has 1 N–H and O–H groups in total. The highest BCUT2D eigenvalue weighted by atomic mass is 16.1. The quantitative estimate of drug-likeness (QED) is 0.640. The molecule has 2 rings (SSSR count). The van der Waals surface area contributed by atoms with Crippen LogP contribution in [0.3, 0.4) is 0 Å². The highest BCUT2D eigenvalue weighted by molar-refractivity contribution is 5.75. The van der Waals surface area contributed by atoms with Crippen LogP contribution < -0.4 is 0 Å². The van der Waals surface area contributed by atoms with Gasteiger partial charge in [0.2, 0.25) is 0 Å². The Kier molecular flexibility index (Phi) is 1.49. The molecule has 1 radical (unpaired) electrons. The standard InChI is InChI=1S/C8H9N2O/c11-5-8-6-3-1-2-4-7(6)9-10-8/h1-4H2,(H,9,10). The van der Waals surface area contributed by atoms with Gasteiger partial charge in [0, 0.05) is 11.3 Å². The fourth-order valence-corrected chi connectivity index (χ4v) is 1.57. The molecule has 0 amide bonds. The predicted octanol–water partition coefficient (Wildman–Crippen LogP) is 0.746. The molecule has 0 aliphatic heterocycles. The number of aromatic nitrogens is 2. The van der Waals surface area contributed by atoms with E-state index in [1.165, 1.54) is 12.8 Å². The van der Waals surface area contributed by atoms with Crippen molar-refractivity contribution in [1.29, 1.82) is 0 Å². The number of nitrogens with one attached hydrogen (secondary N) is 1. The average molecular weight is 149 g/mol. The first-order valence-electron chi connectivity index (χ1n) is 3.86. The number of carbonyl (C=O) groups excluding carboxylic acids is 1. The Morgan fingerprint density at radius 3 is 3.00 bits per heavy atom. The Bertz CT molecular complexity index is 278. The molecule has 0 unspecified atom stereocenters. The number of hydrogen-bond donors (Lipinski definition) is 1. The van der Waals surface area contributed by atoms with Gasteiger partial charge in [-0.3, -0.25) is 9.89 Å². The maximum Gasteiger partial charge on any atom is 0.255 e. The first-order valence-corrected chi connectivity index (χ1v) is 3.86. The van der Waals surface area contributed by atoms with Crippen molar-refractivity contribution in [3.05, 3.63) is 17.0 Å². The molecule has 3 heteroatoms. The van der Waals surface area contributed by atoms with Crippen LogP contribution in [-0.4, -0.2) is 16.5 Å². The van der Waals surface area contributed by atoms with Gasteiger partial charge in [0.15, 0.2) is 0 Å². The Morgan fingerprint density at radius 1 is 1.36 bits per heavy atom. The van der Waals surface area contributed by atoms with Crippen molar-refractivity contribution < 1.29 is 4.79 Å². The summed E-state index contributed by atoms with van der Waals surface area (Å²) in [7, 11) is 0. The Labute approximate surface area is 64.8 Å². The molecule has 1 aliphatic rings. The van der Waals surface area contributed by atoms with Crippen LogP contribution in [0.2, 0.25) is 0 Å². The number of aryl methyl sites for hydroxylation is 1. The van der Waals surface area contributed by atoms with Gasteiger partial charge in [0.25, 0.3) is 6.29 Å². The monoisotopic (exact) mass is 149 g/mol. The van der Waals surface area contributed by atoms with Gasteiger partial charge in [-0.1, -0.05) is 0 Å². The Balaban J connectivity index is 2.45.